The minimum Gasteiger partial charge on any atom is -0.480 e. The number of hydrogen-bond donors (Lipinski definition) is 4. The van der Waals surface area contributed by atoms with Gasteiger partial charge >= 0.3 is 19.8 Å². The van der Waals surface area contributed by atoms with Crippen molar-refractivity contribution in [3.8, 4) is 0 Å². The molecule has 0 saturated heterocycles. The second-order valence-electron chi connectivity index (χ2n) is 8.54. The van der Waals surface area contributed by atoms with E-state index in [-0.39, 0.29) is 12.8 Å². The molecule has 0 saturated carbocycles. The van der Waals surface area contributed by atoms with Crippen molar-refractivity contribution in [3.63, 3.8) is 0 Å². The summed E-state index contributed by atoms with van der Waals surface area (Å²) in [5.41, 5.74) is 0. The van der Waals surface area contributed by atoms with Crippen LogP contribution in [0.15, 0.2) is 0 Å². The molecule has 0 fully saturated rings. The first-order chi connectivity index (χ1) is 16.6. The number of carbonyl (C=O) groups is 3. The molecule has 35 heavy (non-hydrogen) atoms. The fourth-order valence-corrected chi connectivity index (χ4v) is 3.83. The van der Waals surface area contributed by atoms with Crippen LogP contribution >= 0.6 is 7.82 Å². The molecule has 4 N–H and O–H groups in total. The Morgan fingerprint density at radius 1 is 0.800 bits per heavy atom. The van der Waals surface area contributed by atoms with Gasteiger partial charge in [0.15, 0.2) is 6.04 Å². The number of carbonyl (C=O) groups excluding carboxylic acids is 2. The summed E-state index contributed by atoms with van der Waals surface area (Å²) in [5, 5.41) is 21.2. The first-order valence-electron chi connectivity index (χ1n) is 12.6. The summed E-state index contributed by atoms with van der Waals surface area (Å²) in [6.07, 6.45) is 10.4. The zero-order valence-electron chi connectivity index (χ0n) is 21.1. The van der Waals surface area contributed by atoms with Crippen molar-refractivity contribution in [1.82, 2.24) is 5.32 Å². The largest absolute Gasteiger partial charge is 0.480 e. The monoisotopic (exact) mass is 525 g/mol. The number of carboxylic acid groups (broad SMARTS) is 1. The highest BCUT2D eigenvalue weighted by Gasteiger charge is 2.28. The number of phosphoric acid groups is 1. The van der Waals surface area contributed by atoms with Crippen LogP contribution < -0.4 is 5.32 Å². The van der Waals surface area contributed by atoms with Gasteiger partial charge < -0.3 is 25.2 Å². The Balaban J connectivity index is 4.04. The van der Waals surface area contributed by atoms with Crippen molar-refractivity contribution in [2.24, 2.45) is 0 Å². The molecule has 0 heterocycles. The van der Waals surface area contributed by atoms with E-state index in [1.54, 1.807) is 0 Å². The van der Waals surface area contributed by atoms with Crippen molar-refractivity contribution in [2.75, 3.05) is 19.8 Å². The number of rotatable bonds is 23. The number of nitrogens with one attached hydrogen (secondary N) is 1. The fraction of sp³-hybridized carbons (Fsp3) is 0.870. The number of aliphatic hydroxyl groups is 1. The number of aliphatic hydroxyl groups excluding tert-OH is 1. The molecular weight excluding hydrogens is 481 g/mol. The number of phosphoric ester groups is 1. The van der Waals surface area contributed by atoms with Gasteiger partial charge in [0.2, 0.25) is 5.91 Å². The highest BCUT2D eigenvalue weighted by atomic mass is 31.2. The summed E-state index contributed by atoms with van der Waals surface area (Å²) in [7, 11) is -4.70. The van der Waals surface area contributed by atoms with Crippen molar-refractivity contribution in [3.05, 3.63) is 0 Å². The molecule has 0 aromatic heterocycles. The van der Waals surface area contributed by atoms with Crippen LogP contribution in [0.3, 0.4) is 0 Å². The number of unbranched alkanes of at least 4 members (excludes halogenated alkanes) is 9. The first-order valence-corrected chi connectivity index (χ1v) is 14.1. The summed E-state index contributed by atoms with van der Waals surface area (Å²) >= 11 is 0. The van der Waals surface area contributed by atoms with E-state index < -0.39 is 57.6 Å². The van der Waals surface area contributed by atoms with Crippen molar-refractivity contribution in [2.45, 2.75) is 109 Å². The molecule has 0 aromatic rings. The van der Waals surface area contributed by atoms with Gasteiger partial charge in [0.25, 0.3) is 0 Å². The SMILES string of the molecule is CCCCCCCCCCCC(=O)OCC(O)COP(=O)(O)OCC(NC(=O)CCCC)C(=O)O. The maximum absolute atomic E-state index is 11.9. The Bertz CT molecular complexity index is 646. The topological polar surface area (TPSA) is 169 Å². The fourth-order valence-electron chi connectivity index (χ4n) is 3.05. The van der Waals surface area contributed by atoms with Crippen molar-refractivity contribution in [1.29, 1.82) is 0 Å². The van der Waals surface area contributed by atoms with Crippen LogP contribution in [0.2, 0.25) is 0 Å². The third-order valence-corrected chi connectivity index (χ3v) is 6.10. The predicted molar refractivity (Wildman–Crippen MR) is 130 cm³/mol. The van der Waals surface area contributed by atoms with Crippen LogP contribution in [0.4, 0.5) is 0 Å². The van der Waals surface area contributed by atoms with E-state index in [2.05, 4.69) is 21.3 Å². The van der Waals surface area contributed by atoms with Gasteiger partial charge in [0.1, 0.15) is 12.7 Å². The number of amides is 1. The lowest BCUT2D eigenvalue weighted by atomic mass is 10.1. The molecule has 0 rings (SSSR count). The maximum atomic E-state index is 11.9. The molecule has 0 aliphatic carbocycles. The van der Waals surface area contributed by atoms with Gasteiger partial charge in [-0.25, -0.2) is 9.36 Å². The summed E-state index contributed by atoms with van der Waals surface area (Å²) in [4.78, 5) is 44.3. The van der Waals surface area contributed by atoms with Gasteiger partial charge in [-0.2, -0.15) is 0 Å². The Kier molecular flexibility index (Phi) is 19.8. The Morgan fingerprint density at radius 3 is 1.91 bits per heavy atom. The Hall–Kier alpha value is -1.52. The number of aliphatic carboxylic acids is 1. The highest BCUT2D eigenvalue weighted by Crippen LogP contribution is 2.43. The van der Waals surface area contributed by atoms with Gasteiger partial charge in [-0.3, -0.25) is 18.6 Å². The smallest absolute Gasteiger partial charge is 0.472 e. The van der Waals surface area contributed by atoms with Crippen molar-refractivity contribution < 1.29 is 47.8 Å². The molecule has 0 aliphatic heterocycles. The molecule has 3 atom stereocenters. The van der Waals surface area contributed by atoms with Gasteiger partial charge in [0, 0.05) is 12.8 Å². The Labute approximate surface area is 208 Å². The molecule has 0 aromatic carbocycles. The molecule has 206 valence electrons. The molecule has 1 amide bonds. The van der Waals surface area contributed by atoms with Crippen molar-refractivity contribution >= 4 is 25.7 Å². The van der Waals surface area contributed by atoms with E-state index in [0.29, 0.717) is 12.8 Å². The molecule has 12 heteroatoms. The van der Waals surface area contributed by atoms with E-state index in [0.717, 1.165) is 25.7 Å². The third kappa shape index (κ3) is 20.4. The minimum atomic E-state index is -4.70. The van der Waals surface area contributed by atoms with Crippen LogP contribution in [0, 0.1) is 0 Å². The van der Waals surface area contributed by atoms with Crippen LogP contribution in [-0.4, -0.2) is 64.9 Å². The quantitative estimate of drug-likeness (QED) is 0.0876. The van der Waals surface area contributed by atoms with Gasteiger partial charge in [-0.15, -0.1) is 0 Å². The maximum Gasteiger partial charge on any atom is 0.472 e. The summed E-state index contributed by atoms with van der Waals surface area (Å²) < 4.78 is 26.1. The zero-order chi connectivity index (χ0) is 26.5. The predicted octanol–water partition coefficient (Wildman–Crippen LogP) is 3.70. The third-order valence-electron chi connectivity index (χ3n) is 5.15. The summed E-state index contributed by atoms with van der Waals surface area (Å²) in [5.74, 6) is -2.43. The molecule has 11 nitrogen and oxygen atoms in total. The lowest BCUT2D eigenvalue weighted by molar-refractivity contribution is -0.147. The summed E-state index contributed by atoms with van der Waals surface area (Å²) in [6.45, 7) is 2.17. The standard InChI is InChI=1S/C23H44NO10P/c1-3-5-7-8-9-10-11-12-13-15-22(27)32-16-19(25)17-33-35(30,31)34-18-20(23(28)29)24-21(26)14-6-4-2/h19-20,25H,3-18H2,1-2H3,(H,24,26)(H,28,29)(H,30,31). The lowest BCUT2D eigenvalue weighted by Crippen LogP contribution is -2.43. The lowest BCUT2D eigenvalue weighted by Gasteiger charge is -2.18. The Morgan fingerprint density at radius 2 is 1.34 bits per heavy atom. The van der Waals surface area contributed by atoms with E-state index in [4.69, 9.17) is 9.84 Å². The number of esters is 1. The van der Waals surface area contributed by atoms with Gasteiger partial charge in [0.05, 0.1) is 13.2 Å². The number of carboxylic acids is 1. The molecule has 0 radical (unpaired) electrons. The first kappa shape index (κ1) is 33.5. The highest BCUT2D eigenvalue weighted by molar-refractivity contribution is 7.47. The second-order valence-corrected chi connectivity index (χ2v) is 9.99. The summed E-state index contributed by atoms with van der Waals surface area (Å²) in [6, 6.07) is -1.53. The minimum absolute atomic E-state index is 0.123. The van der Waals surface area contributed by atoms with Gasteiger partial charge in [-0.1, -0.05) is 71.6 Å². The molecule has 3 unspecified atom stereocenters. The van der Waals surface area contributed by atoms with E-state index in [1.165, 1.54) is 32.1 Å². The van der Waals surface area contributed by atoms with Gasteiger partial charge in [-0.05, 0) is 12.8 Å². The van der Waals surface area contributed by atoms with E-state index in [1.807, 2.05) is 6.92 Å². The second kappa shape index (κ2) is 20.7. The molecule has 0 aliphatic rings. The van der Waals surface area contributed by atoms with Crippen LogP contribution in [0.1, 0.15) is 97.3 Å². The number of hydrogen-bond acceptors (Lipinski definition) is 8. The normalized spacial score (nSPS) is 14.6. The van der Waals surface area contributed by atoms with E-state index >= 15 is 0 Å². The average molecular weight is 526 g/mol. The molecular formula is C23H44NO10P. The average Bonchev–Trinajstić information content (AvgIpc) is 2.81. The van der Waals surface area contributed by atoms with Crippen LogP contribution in [0.5, 0.6) is 0 Å². The molecule has 0 spiro atoms. The molecule has 0 bridgehead atoms. The zero-order valence-corrected chi connectivity index (χ0v) is 22.0. The van der Waals surface area contributed by atoms with Crippen LogP contribution in [0.25, 0.3) is 0 Å². The number of ether oxygens (including phenoxy) is 1. The van der Waals surface area contributed by atoms with E-state index in [9.17, 15) is 28.9 Å². The van der Waals surface area contributed by atoms with Crippen LogP contribution in [-0.2, 0) is 32.7 Å².